The number of halogens is 1. The van der Waals surface area contributed by atoms with Crippen LogP contribution in [0.3, 0.4) is 0 Å². The van der Waals surface area contributed by atoms with Gasteiger partial charge in [0.2, 0.25) is 0 Å². The molecule has 0 radical (unpaired) electrons. The van der Waals surface area contributed by atoms with Gasteiger partial charge < -0.3 is 5.11 Å². The molecule has 2 bridgehead atoms. The Balaban J connectivity index is 1.91. The van der Waals surface area contributed by atoms with Crippen LogP contribution in [-0.2, 0) is 4.79 Å². The number of unbranched alkanes of at least 4 members (excludes halogenated alkanes) is 2. The third-order valence-electron chi connectivity index (χ3n) is 4.03. The summed E-state index contributed by atoms with van der Waals surface area (Å²) in [7, 11) is 0. The molecule has 0 aliphatic heterocycles. The number of aliphatic hydroxyl groups excluding tert-OH is 1. The Morgan fingerprint density at radius 2 is 2.33 bits per heavy atom. The molecule has 18 heavy (non-hydrogen) atoms. The van der Waals surface area contributed by atoms with Crippen LogP contribution in [0.2, 0.25) is 0 Å². The minimum Gasteiger partial charge on any atom is -0.389 e. The molecule has 4 atom stereocenters. The summed E-state index contributed by atoms with van der Waals surface area (Å²) in [5.41, 5.74) is -1.58. The summed E-state index contributed by atoms with van der Waals surface area (Å²) in [4.78, 5) is 11.5. The molecule has 1 saturated carbocycles. The summed E-state index contributed by atoms with van der Waals surface area (Å²) in [5, 5.41) is 9.75. The number of alkyl halides is 1. The molecule has 2 aliphatic carbocycles. The van der Waals surface area contributed by atoms with Gasteiger partial charge >= 0.3 is 0 Å². The number of aliphatic hydroxyl groups is 1. The third-order valence-corrected chi connectivity index (χ3v) is 4.03. The van der Waals surface area contributed by atoms with Crippen LogP contribution in [-0.4, -0.2) is 22.7 Å². The Hall–Kier alpha value is -0.960. The Morgan fingerprint density at radius 3 is 2.89 bits per heavy atom. The van der Waals surface area contributed by atoms with Gasteiger partial charge in [-0.25, -0.2) is 4.39 Å². The van der Waals surface area contributed by atoms with E-state index in [0.717, 1.165) is 19.3 Å². The number of Topliss-reactive ketones (excluding diaryl/α,β-unsaturated/α-hetero) is 1. The van der Waals surface area contributed by atoms with Crippen LogP contribution < -0.4 is 0 Å². The van der Waals surface area contributed by atoms with E-state index in [4.69, 9.17) is 0 Å². The van der Waals surface area contributed by atoms with Gasteiger partial charge in [0.15, 0.2) is 0 Å². The number of allylic oxidation sites excluding steroid dienone is 3. The van der Waals surface area contributed by atoms with Crippen LogP contribution in [0.15, 0.2) is 24.3 Å². The molecule has 0 heterocycles. The second-order valence-electron chi connectivity index (χ2n) is 5.39. The van der Waals surface area contributed by atoms with E-state index in [0.29, 0.717) is 12.8 Å². The van der Waals surface area contributed by atoms with E-state index in [1.807, 2.05) is 0 Å². The minimum atomic E-state index is -1.58. The van der Waals surface area contributed by atoms with Crippen LogP contribution in [0.4, 0.5) is 4.39 Å². The molecule has 0 saturated heterocycles. The number of carbonyl (C=O) groups is 1. The fourth-order valence-corrected chi connectivity index (χ4v) is 2.88. The SMILES string of the molecule is CCCCCC(O)C=CC1(F)C2C=CC1C(=O)C2. The van der Waals surface area contributed by atoms with E-state index < -0.39 is 17.7 Å². The van der Waals surface area contributed by atoms with E-state index >= 15 is 0 Å². The molecule has 2 rings (SSSR count). The molecule has 2 aliphatic rings. The van der Waals surface area contributed by atoms with Gasteiger partial charge in [-0.15, -0.1) is 0 Å². The number of hydrogen-bond donors (Lipinski definition) is 1. The quantitative estimate of drug-likeness (QED) is 0.583. The lowest BCUT2D eigenvalue weighted by molar-refractivity contribution is -0.120. The van der Waals surface area contributed by atoms with Crippen molar-refractivity contribution in [1.82, 2.24) is 0 Å². The van der Waals surface area contributed by atoms with Gasteiger partial charge in [-0.3, -0.25) is 4.79 Å². The lowest BCUT2D eigenvalue weighted by Crippen LogP contribution is -2.28. The second-order valence-corrected chi connectivity index (χ2v) is 5.39. The Morgan fingerprint density at radius 1 is 1.56 bits per heavy atom. The van der Waals surface area contributed by atoms with E-state index in [2.05, 4.69) is 6.92 Å². The van der Waals surface area contributed by atoms with Gasteiger partial charge in [-0.05, 0) is 12.5 Å². The minimum absolute atomic E-state index is 0.0184. The maximum atomic E-state index is 14.7. The molecule has 2 nitrogen and oxygen atoms in total. The molecule has 100 valence electrons. The van der Waals surface area contributed by atoms with Gasteiger partial charge in [0.05, 0.1) is 12.0 Å². The van der Waals surface area contributed by atoms with E-state index in [1.54, 1.807) is 12.2 Å². The zero-order valence-electron chi connectivity index (χ0n) is 10.8. The molecule has 0 amide bonds. The lowest BCUT2D eigenvalue weighted by Gasteiger charge is -2.20. The van der Waals surface area contributed by atoms with Crippen LogP contribution in [0.5, 0.6) is 0 Å². The highest BCUT2D eigenvalue weighted by molar-refractivity contribution is 5.89. The number of rotatable bonds is 6. The highest BCUT2D eigenvalue weighted by Crippen LogP contribution is 2.49. The van der Waals surface area contributed by atoms with E-state index in [1.165, 1.54) is 12.2 Å². The van der Waals surface area contributed by atoms with E-state index in [-0.39, 0.29) is 11.7 Å². The predicted octanol–water partition coefficient (Wildman–Crippen LogP) is 2.97. The Kier molecular flexibility index (Phi) is 4.00. The summed E-state index contributed by atoms with van der Waals surface area (Å²) < 4.78 is 14.7. The first-order valence-electron chi connectivity index (χ1n) is 6.85. The van der Waals surface area contributed by atoms with Gasteiger partial charge in [-0.1, -0.05) is 44.4 Å². The van der Waals surface area contributed by atoms with Crippen molar-refractivity contribution in [3.63, 3.8) is 0 Å². The molecular weight excluding hydrogens is 231 g/mol. The first-order valence-corrected chi connectivity index (χ1v) is 6.85. The van der Waals surface area contributed by atoms with Crippen molar-refractivity contribution in [3.05, 3.63) is 24.3 Å². The monoisotopic (exact) mass is 252 g/mol. The topological polar surface area (TPSA) is 37.3 Å². The zero-order valence-corrected chi connectivity index (χ0v) is 10.8. The maximum absolute atomic E-state index is 14.7. The summed E-state index contributed by atoms with van der Waals surface area (Å²) >= 11 is 0. The van der Waals surface area contributed by atoms with Crippen molar-refractivity contribution in [1.29, 1.82) is 0 Å². The smallest absolute Gasteiger partial charge is 0.149 e. The van der Waals surface area contributed by atoms with Crippen LogP contribution in [0, 0.1) is 11.8 Å². The van der Waals surface area contributed by atoms with Gasteiger partial charge in [0.1, 0.15) is 11.5 Å². The average Bonchev–Trinajstić information content (AvgIpc) is 2.77. The van der Waals surface area contributed by atoms with Crippen molar-refractivity contribution in [2.75, 3.05) is 0 Å². The van der Waals surface area contributed by atoms with Gasteiger partial charge in [0, 0.05) is 12.3 Å². The highest BCUT2D eigenvalue weighted by atomic mass is 19.1. The number of fused-ring (bicyclic) bond motifs is 2. The van der Waals surface area contributed by atoms with Crippen molar-refractivity contribution in [2.45, 2.75) is 50.8 Å². The Bertz CT molecular complexity index is 375. The van der Waals surface area contributed by atoms with E-state index in [9.17, 15) is 14.3 Å². The first-order chi connectivity index (χ1) is 8.58. The average molecular weight is 252 g/mol. The second kappa shape index (κ2) is 5.35. The summed E-state index contributed by atoms with van der Waals surface area (Å²) in [6.45, 7) is 2.10. The van der Waals surface area contributed by atoms with Gasteiger partial charge in [0.25, 0.3) is 0 Å². The lowest BCUT2D eigenvalue weighted by atomic mass is 9.91. The Labute approximate surface area is 108 Å². The molecule has 1 N–H and O–H groups in total. The highest BCUT2D eigenvalue weighted by Gasteiger charge is 2.55. The molecule has 0 aromatic carbocycles. The van der Waals surface area contributed by atoms with Crippen molar-refractivity contribution < 1.29 is 14.3 Å². The fourth-order valence-electron chi connectivity index (χ4n) is 2.88. The summed E-state index contributed by atoms with van der Waals surface area (Å²) in [6.07, 6.45) is 9.91. The van der Waals surface area contributed by atoms with Crippen LogP contribution in [0.25, 0.3) is 0 Å². The molecule has 0 spiro atoms. The summed E-state index contributed by atoms with van der Waals surface area (Å²) in [5.74, 6) is -0.967. The van der Waals surface area contributed by atoms with Crippen molar-refractivity contribution >= 4 is 5.78 Å². The molecule has 4 unspecified atom stereocenters. The molecule has 0 aromatic heterocycles. The number of hydrogen-bond acceptors (Lipinski definition) is 2. The third kappa shape index (κ3) is 2.41. The summed E-state index contributed by atoms with van der Waals surface area (Å²) in [6, 6.07) is 0. The standard InChI is InChI=1S/C15H21FO2/c1-2-3-4-5-12(17)8-9-15(16)11-6-7-13(15)14(18)10-11/h6-9,11-13,17H,2-5,10H2,1H3. The predicted molar refractivity (Wildman–Crippen MR) is 68.9 cm³/mol. The molecular formula is C15H21FO2. The van der Waals surface area contributed by atoms with Crippen LogP contribution >= 0.6 is 0 Å². The molecule has 0 aromatic rings. The number of ketones is 1. The largest absolute Gasteiger partial charge is 0.389 e. The maximum Gasteiger partial charge on any atom is 0.149 e. The van der Waals surface area contributed by atoms with Crippen LogP contribution in [0.1, 0.15) is 39.0 Å². The van der Waals surface area contributed by atoms with Crippen molar-refractivity contribution in [3.8, 4) is 0 Å². The van der Waals surface area contributed by atoms with Crippen molar-refractivity contribution in [2.24, 2.45) is 11.8 Å². The molecule has 1 fully saturated rings. The first kappa shape index (κ1) is 13.5. The van der Waals surface area contributed by atoms with Gasteiger partial charge in [-0.2, -0.15) is 0 Å². The fraction of sp³-hybridized carbons (Fsp3) is 0.667. The molecule has 3 heteroatoms. The normalized spacial score (nSPS) is 35.8. The number of carbonyl (C=O) groups excluding carboxylic acids is 1. The zero-order chi connectivity index (χ0) is 13.2.